The number of aryl methyl sites for hydroxylation is 2. The van der Waals surface area contributed by atoms with Crippen LogP contribution in [0.3, 0.4) is 0 Å². The summed E-state index contributed by atoms with van der Waals surface area (Å²) in [6.45, 7) is 3.27. The van der Waals surface area contributed by atoms with Gasteiger partial charge in [0.25, 0.3) is 0 Å². The molecule has 0 saturated heterocycles. The minimum absolute atomic E-state index is 0.0997. The number of anilines is 2. The first-order valence-corrected chi connectivity index (χ1v) is 8.60. The van der Waals surface area contributed by atoms with Crippen molar-refractivity contribution < 1.29 is 5.11 Å². The summed E-state index contributed by atoms with van der Waals surface area (Å²) in [7, 11) is 0. The van der Waals surface area contributed by atoms with Crippen LogP contribution >= 0.6 is 11.3 Å². The lowest BCUT2D eigenvalue weighted by Gasteiger charge is -2.21. The highest BCUT2D eigenvalue weighted by atomic mass is 32.1. The second kappa shape index (κ2) is 6.58. The number of nitrogens with zero attached hydrogens (tertiary/aromatic N) is 2. The van der Waals surface area contributed by atoms with Crippen molar-refractivity contribution in [2.45, 2.75) is 45.6 Å². The van der Waals surface area contributed by atoms with Gasteiger partial charge < -0.3 is 10.0 Å². The minimum Gasteiger partial charge on any atom is -0.391 e. The van der Waals surface area contributed by atoms with Crippen molar-refractivity contribution in [1.82, 2.24) is 4.98 Å². The van der Waals surface area contributed by atoms with Crippen molar-refractivity contribution in [2.24, 2.45) is 0 Å². The zero-order valence-corrected chi connectivity index (χ0v) is 13.3. The number of rotatable bonds is 4. The van der Waals surface area contributed by atoms with E-state index < -0.39 is 0 Å². The maximum Gasteiger partial charge on any atom is 0.190 e. The number of hydrogen-bond acceptors (Lipinski definition) is 4. The number of hydrogen-bond donors (Lipinski definition) is 1. The van der Waals surface area contributed by atoms with Gasteiger partial charge >= 0.3 is 0 Å². The molecule has 2 aromatic rings. The molecular formula is C17H22N2OS. The zero-order chi connectivity index (χ0) is 14.7. The maximum absolute atomic E-state index is 9.56. The topological polar surface area (TPSA) is 36.4 Å². The molecule has 4 heteroatoms. The maximum atomic E-state index is 9.56. The number of aliphatic hydroxyl groups excluding tert-OH is 1. The lowest BCUT2D eigenvalue weighted by atomic mass is 10.1. The highest BCUT2D eigenvalue weighted by Crippen LogP contribution is 2.36. The Balaban J connectivity index is 1.99. The molecule has 0 radical (unpaired) electrons. The summed E-state index contributed by atoms with van der Waals surface area (Å²) in [5, 5.41) is 10.6. The summed E-state index contributed by atoms with van der Waals surface area (Å²) in [6, 6.07) is 8.64. The molecule has 1 N–H and O–H groups in total. The van der Waals surface area contributed by atoms with Crippen LogP contribution in [-0.4, -0.2) is 16.6 Å². The van der Waals surface area contributed by atoms with Crippen LogP contribution in [0.4, 0.5) is 10.8 Å². The number of aliphatic hydroxyl groups is 1. The van der Waals surface area contributed by atoms with E-state index in [1.807, 2.05) is 0 Å². The third-order valence-corrected chi connectivity index (χ3v) is 5.09. The molecule has 0 saturated carbocycles. The van der Waals surface area contributed by atoms with Gasteiger partial charge in [-0.05, 0) is 37.3 Å². The van der Waals surface area contributed by atoms with Crippen LogP contribution in [0.5, 0.6) is 0 Å². The monoisotopic (exact) mass is 302 g/mol. The quantitative estimate of drug-likeness (QED) is 0.925. The number of thiazole rings is 1. The van der Waals surface area contributed by atoms with Crippen LogP contribution in [0, 0.1) is 0 Å². The molecule has 2 heterocycles. The van der Waals surface area contributed by atoms with E-state index in [1.54, 1.807) is 11.3 Å². The Bertz CT molecular complexity index is 609. The van der Waals surface area contributed by atoms with Crippen molar-refractivity contribution in [3.8, 4) is 0 Å². The van der Waals surface area contributed by atoms with E-state index in [4.69, 9.17) is 4.98 Å². The molecule has 1 aromatic carbocycles. The molecule has 0 aliphatic carbocycles. The Morgan fingerprint density at radius 3 is 2.95 bits per heavy atom. The van der Waals surface area contributed by atoms with Gasteiger partial charge in [-0.3, -0.25) is 0 Å². The van der Waals surface area contributed by atoms with Crippen LogP contribution in [0.15, 0.2) is 24.3 Å². The molecule has 0 spiro atoms. The molecule has 0 unspecified atom stereocenters. The second-order valence-electron chi connectivity index (χ2n) is 5.51. The van der Waals surface area contributed by atoms with Crippen LogP contribution in [-0.2, 0) is 19.4 Å². The van der Waals surface area contributed by atoms with E-state index in [1.165, 1.54) is 24.1 Å². The number of fused-ring (bicyclic) bond motifs is 1. The average molecular weight is 302 g/mol. The van der Waals surface area contributed by atoms with Crippen LogP contribution in [0.2, 0.25) is 0 Å². The summed E-state index contributed by atoms with van der Waals surface area (Å²) in [5.74, 6) is 0. The number of para-hydroxylation sites is 1. The Kier molecular flexibility index (Phi) is 4.56. The Labute approximate surface area is 130 Å². The lowest BCUT2D eigenvalue weighted by Crippen LogP contribution is -2.17. The SMILES string of the molecule is CCCc1nc(N2CCCCc3ccccc32)sc1CO. The average Bonchev–Trinajstić information content (AvgIpc) is 2.78. The van der Waals surface area contributed by atoms with Crippen molar-refractivity contribution in [2.75, 3.05) is 11.4 Å². The normalized spacial score (nSPS) is 14.9. The Hall–Kier alpha value is -1.39. The highest BCUT2D eigenvalue weighted by molar-refractivity contribution is 7.15. The first-order chi connectivity index (χ1) is 10.3. The third kappa shape index (κ3) is 2.97. The largest absolute Gasteiger partial charge is 0.391 e. The fourth-order valence-electron chi connectivity index (χ4n) is 2.93. The molecule has 0 fully saturated rings. The molecule has 0 bridgehead atoms. The fraction of sp³-hybridized carbons (Fsp3) is 0.471. The van der Waals surface area contributed by atoms with E-state index in [0.717, 1.165) is 41.5 Å². The molecule has 1 aliphatic heterocycles. The van der Waals surface area contributed by atoms with Gasteiger partial charge in [-0.1, -0.05) is 42.9 Å². The second-order valence-corrected chi connectivity index (χ2v) is 6.57. The van der Waals surface area contributed by atoms with E-state index >= 15 is 0 Å². The summed E-state index contributed by atoms with van der Waals surface area (Å²) in [5.41, 5.74) is 3.77. The van der Waals surface area contributed by atoms with Gasteiger partial charge in [-0.25, -0.2) is 4.98 Å². The predicted molar refractivity (Wildman–Crippen MR) is 88.4 cm³/mol. The van der Waals surface area contributed by atoms with Gasteiger partial charge in [0, 0.05) is 12.2 Å². The highest BCUT2D eigenvalue weighted by Gasteiger charge is 2.20. The first-order valence-electron chi connectivity index (χ1n) is 7.78. The molecule has 0 atom stereocenters. The molecule has 112 valence electrons. The van der Waals surface area contributed by atoms with Crippen molar-refractivity contribution in [1.29, 1.82) is 0 Å². The lowest BCUT2D eigenvalue weighted by molar-refractivity contribution is 0.284. The predicted octanol–water partition coefficient (Wildman–Crippen LogP) is 4.06. The molecule has 0 amide bonds. The van der Waals surface area contributed by atoms with Crippen LogP contribution < -0.4 is 4.90 Å². The number of benzene rings is 1. The van der Waals surface area contributed by atoms with Crippen molar-refractivity contribution >= 4 is 22.2 Å². The van der Waals surface area contributed by atoms with Crippen molar-refractivity contribution in [3.63, 3.8) is 0 Å². The summed E-state index contributed by atoms with van der Waals surface area (Å²) < 4.78 is 0. The first kappa shape index (κ1) is 14.5. The molecule has 1 aliphatic rings. The third-order valence-electron chi connectivity index (χ3n) is 3.99. The smallest absolute Gasteiger partial charge is 0.190 e. The van der Waals surface area contributed by atoms with E-state index in [2.05, 4.69) is 36.1 Å². The van der Waals surface area contributed by atoms with Gasteiger partial charge in [0.05, 0.1) is 17.2 Å². The van der Waals surface area contributed by atoms with E-state index in [9.17, 15) is 5.11 Å². The van der Waals surface area contributed by atoms with Gasteiger partial charge in [0.15, 0.2) is 5.13 Å². The summed E-state index contributed by atoms with van der Waals surface area (Å²) in [6.07, 6.45) is 5.57. The standard InChI is InChI=1S/C17H22N2OS/c1-2-7-14-16(12-20)21-17(18-14)19-11-6-5-9-13-8-3-4-10-15(13)19/h3-4,8,10,20H,2,5-7,9,11-12H2,1H3. The fourth-order valence-corrected chi connectivity index (χ4v) is 3.94. The van der Waals surface area contributed by atoms with Crippen LogP contribution in [0.25, 0.3) is 0 Å². The van der Waals surface area contributed by atoms with Gasteiger partial charge in [-0.15, -0.1) is 0 Å². The zero-order valence-electron chi connectivity index (χ0n) is 12.5. The van der Waals surface area contributed by atoms with Gasteiger partial charge in [0.1, 0.15) is 0 Å². The Morgan fingerprint density at radius 2 is 2.14 bits per heavy atom. The van der Waals surface area contributed by atoms with Crippen molar-refractivity contribution in [3.05, 3.63) is 40.4 Å². The minimum atomic E-state index is 0.0997. The molecule has 1 aromatic heterocycles. The van der Waals surface area contributed by atoms with E-state index in [-0.39, 0.29) is 6.61 Å². The summed E-state index contributed by atoms with van der Waals surface area (Å²) in [4.78, 5) is 8.18. The van der Waals surface area contributed by atoms with Crippen LogP contribution in [0.1, 0.15) is 42.3 Å². The molecular weight excluding hydrogens is 280 g/mol. The summed E-state index contributed by atoms with van der Waals surface area (Å²) >= 11 is 1.64. The van der Waals surface area contributed by atoms with Gasteiger partial charge in [0.2, 0.25) is 0 Å². The Morgan fingerprint density at radius 1 is 1.29 bits per heavy atom. The molecule has 3 rings (SSSR count). The molecule has 21 heavy (non-hydrogen) atoms. The molecule has 3 nitrogen and oxygen atoms in total. The van der Waals surface area contributed by atoms with E-state index in [0.29, 0.717) is 0 Å². The number of aromatic nitrogens is 1. The van der Waals surface area contributed by atoms with Gasteiger partial charge in [-0.2, -0.15) is 0 Å².